The summed E-state index contributed by atoms with van der Waals surface area (Å²) < 4.78 is 25.9. The summed E-state index contributed by atoms with van der Waals surface area (Å²) in [5, 5.41) is 33.4. The van der Waals surface area contributed by atoms with Crippen molar-refractivity contribution in [1.82, 2.24) is 5.32 Å². The van der Waals surface area contributed by atoms with E-state index in [4.69, 9.17) is 4.55 Å². The molecule has 1 aliphatic rings. The second-order valence-corrected chi connectivity index (χ2v) is 8.34. The van der Waals surface area contributed by atoms with Gasteiger partial charge in [-0.1, -0.05) is 25.5 Å². The average Bonchev–Trinajstić information content (AvgIpc) is 2.81. The van der Waals surface area contributed by atoms with E-state index in [0.29, 0.717) is 6.26 Å². The molecule has 0 amide bonds. The third-order valence-electron chi connectivity index (χ3n) is 4.60. The number of aromatic hydroxyl groups is 3. The molecule has 3 rings (SSSR count). The summed E-state index contributed by atoms with van der Waals surface area (Å²) in [5.41, 5.74) is 4.17. The van der Waals surface area contributed by atoms with Crippen LogP contribution in [0, 0.1) is 0 Å². The maximum atomic E-state index is 10.3. The van der Waals surface area contributed by atoms with E-state index in [1.807, 2.05) is 12.1 Å². The Hall–Kier alpha value is -2.29. The normalized spacial score (nSPS) is 16.5. The number of rotatable bonds is 3. The van der Waals surface area contributed by atoms with Gasteiger partial charge in [-0.15, -0.1) is 0 Å². The van der Waals surface area contributed by atoms with Crippen molar-refractivity contribution < 1.29 is 28.3 Å². The van der Waals surface area contributed by atoms with E-state index in [1.54, 1.807) is 18.2 Å². The van der Waals surface area contributed by atoms with Gasteiger partial charge in [-0.2, -0.15) is 8.42 Å². The molecule has 0 aliphatic carbocycles. The molecule has 2 aromatic rings. The van der Waals surface area contributed by atoms with Gasteiger partial charge < -0.3 is 20.6 Å². The summed E-state index contributed by atoms with van der Waals surface area (Å²) in [6.07, 6.45) is 3.23. The lowest BCUT2D eigenvalue weighted by molar-refractivity contribution is 0.397. The van der Waals surface area contributed by atoms with E-state index in [2.05, 4.69) is 12.2 Å². The van der Waals surface area contributed by atoms with Crippen LogP contribution in [-0.4, -0.2) is 47.6 Å². The predicted octanol–water partition coefficient (Wildman–Crippen LogP) is 2.54. The zero-order valence-electron chi connectivity index (χ0n) is 16.0. The number of phenolic OH excluding ortho intramolecular Hbond substituents is 3. The van der Waals surface area contributed by atoms with Crippen LogP contribution >= 0.6 is 0 Å². The highest BCUT2D eigenvalue weighted by atomic mass is 32.2. The van der Waals surface area contributed by atoms with E-state index >= 15 is 0 Å². The summed E-state index contributed by atoms with van der Waals surface area (Å²) >= 11 is 0. The van der Waals surface area contributed by atoms with Crippen LogP contribution in [0.4, 0.5) is 0 Å². The van der Waals surface area contributed by atoms with E-state index in [9.17, 15) is 23.7 Å². The highest BCUT2D eigenvalue weighted by molar-refractivity contribution is 7.85. The first-order chi connectivity index (χ1) is 13.1. The van der Waals surface area contributed by atoms with Crippen LogP contribution in [0.3, 0.4) is 0 Å². The molecule has 8 heteroatoms. The summed E-state index contributed by atoms with van der Waals surface area (Å²) in [5.74, 6) is 0.320. The third kappa shape index (κ3) is 5.85. The monoisotopic (exact) mass is 409 g/mol. The Morgan fingerprint density at radius 1 is 1.14 bits per heavy atom. The van der Waals surface area contributed by atoms with E-state index in [1.165, 1.54) is 0 Å². The topological polar surface area (TPSA) is 127 Å². The summed E-state index contributed by atoms with van der Waals surface area (Å²) in [6, 6.07) is 8.91. The Morgan fingerprint density at radius 3 is 2.32 bits per heavy atom. The Labute approximate surface area is 165 Å². The second kappa shape index (κ2) is 9.27. The van der Waals surface area contributed by atoms with Crippen molar-refractivity contribution in [2.45, 2.75) is 32.1 Å². The minimum absolute atomic E-state index is 0.0250. The SMILES string of the molecule is CCCc1c(O)c(O)cc2c1CCNCC2c1ccc(O)cc1.CS(=O)(=O)O. The van der Waals surface area contributed by atoms with Crippen molar-refractivity contribution in [1.29, 1.82) is 0 Å². The number of fused-ring (bicyclic) bond motifs is 1. The lowest BCUT2D eigenvalue weighted by Crippen LogP contribution is -2.20. The first kappa shape index (κ1) is 22.0. The zero-order chi connectivity index (χ0) is 20.9. The largest absolute Gasteiger partial charge is 0.508 e. The molecule has 28 heavy (non-hydrogen) atoms. The zero-order valence-corrected chi connectivity index (χ0v) is 16.8. The standard InChI is InChI=1S/C19H23NO3.CH4O3S/c1-2-3-15-14-8-9-20-11-17(12-4-6-13(21)7-5-12)16(14)10-18(22)19(15)23;1-5(2,3)4/h4-7,10,17,20-23H,2-3,8-9,11H2,1H3;1H3,(H,2,3,4). The molecule has 0 fully saturated rings. The van der Waals surface area contributed by atoms with Crippen molar-refractivity contribution in [3.63, 3.8) is 0 Å². The van der Waals surface area contributed by atoms with Crippen LogP contribution in [0.5, 0.6) is 17.2 Å². The van der Waals surface area contributed by atoms with Crippen molar-refractivity contribution in [2.24, 2.45) is 0 Å². The number of hydrogen-bond acceptors (Lipinski definition) is 6. The molecule has 1 unspecified atom stereocenters. The summed E-state index contributed by atoms with van der Waals surface area (Å²) in [4.78, 5) is 0. The second-order valence-electron chi connectivity index (χ2n) is 6.87. The molecule has 7 nitrogen and oxygen atoms in total. The number of hydrogen-bond donors (Lipinski definition) is 5. The smallest absolute Gasteiger partial charge is 0.261 e. The molecule has 0 radical (unpaired) electrons. The van der Waals surface area contributed by atoms with Crippen molar-refractivity contribution >= 4 is 10.1 Å². The highest BCUT2D eigenvalue weighted by Gasteiger charge is 2.25. The Bertz CT molecular complexity index is 901. The van der Waals surface area contributed by atoms with Crippen LogP contribution in [0.15, 0.2) is 30.3 Å². The molecule has 154 valence electrons. The minimum Gasteiger partial charge on any atom is -0.508 e. The highest BCUT2D eigenvalue weighted by Crippen LogP contribution is 2.40. The first-order valence-electron chi connectivity index (χ1n) is 9.10. The van der Waals surface area contributed by atoms with Gasteiger partial charge in [0.25, 0.3) is 10.1 Å². The van der Waals surface area contributed by atoms with E-state index < -0.39 is 10.1 Å². The fraction of sp³-hybridized carbons (Fsp3) is 0.400. The van der Waals surface area contributed by atoms with Crippen LogP contribution in [0.2, 0.25) is 0 Å². The maximum Gasteiger partial charge on any atom is 0.261 e. The van der Waals surface area contributed by atoms with E-state index in [0.717, 1.165) is 54.6 Å². The van der Waals surface area contributed by atoms with E-state index in [-0.39, 0.29) is 23.2 Å². The van der Waals surface area contributed by atoms with Gasteiger partial charge in [0.1, 0.15) is 5.75 Å². The molecule has 1 aliphatic heterocycles. The van der Waals surface area contributed by atoms with Gasteiger partial charge in [-0.05, 0) is 54.3 Å². The van der Waals surface area contributed by atoms with Crippen LogP contribution in [-0.2, 0) is 23.0 Å². The Morgan fingerprint density at radius 2 is 1.75 bits per heavy atom. The summed E-state index contributed by atoms with van der Waals surface area (Å²) in [7, 11) is -3.67. The lowest BCUT2D eigenvalue weighted by Gasteiger charge is -2.21. The molecule has 0 aromatic heterocycles. The van der Waals surface area contributed by atoms with Gasteiger partial charge in [0.2, 0.25) is 0 Å². The molecule has 5 N–H and O–H groups in total. The van der Waals surface area contributed by atoms with Gasteiger partial charge in [-0.25, -0.2) is 0 Å². The molecule has 0 saturated heterocycles. The van der Waals surface area contributed by atoms with Gasteiger partial charge >= 0.3 is 0 Å². The summed E-state index contributed by atoms with van der Waals surface area (Å²) in [6.45, 7) is 3.69. The molecular formula is C20H27NO6S. The van der Waals surface area contributed by atoms with Gasteiger partial charge in [0.15, 0.2) is 11.5 Å². The molecule has 2 aromatic carbocycles. The number of benzene rings is 2. The predicted molar refractivity (Wildman–Crippen MR) is 108 cm³/mol. The van der Waals surface area contributed by atoms with Gasteiger partial charge in [0, 0.05) is 18.0 Å². The Balaban J connectivity index is 0.000000500. The maximum absolute atomic E-state index is 10.3. The van der Waals surface area contributed by atoms with Crippen molar-refractivity contribution in [2.75, 3.05) is 19.3 Å². The molecule has 1 atom stereocenters. The fourth-order valence-corrected chi connectivity index (χ4v) is 3.47. The van der Waals surface area contributed by atoms with Gasteiger partial charge in [-0.3, -0.25) is 4.55 Å². The number of phenols is 3. The van der Waals surface area contributed by atoms with Crippen molar-refractivity contribution in [3.8, 4) is 17.2 Å². The lowest BCUT2D eigenvalue weighted by atomic mass is 9.84. The molecule has 0 bridgehead atoms. The average molecular weight is 410 g/mol. The molecule has 1 heterocycles. The molecular weight excluding hydrogens is 382 g/mol. The van der Waals surface area contributed by atoms with Crippen molar-refractivity contribution in [3.05, 3.63) is 52.6 Å². The van der Waals surface area contributed by atoms with Crippen LogP contribution < -0.4 is 5.32 Å². The van der Waals surface area contributed by atoms with Crippen LogP contribution in [0.1, 0.15) is 41.5 Å². The first-order valence-corrected chi connectivity index (χ1v) is 10.9. The molecule has 0 spiro atoms. The fourth-order valence-electron chi connectivity index (χ4n) is 3.47. The Kier molecular flexibility index (Phi) is 7.29. The van der Waals surface area contributed by atoms with Gasteiger partial charge in [0.05, 0.1) is 6.26 Å². The third-order valence-corrected chi connectivity index (χ3v) is 4.60. The number of nitrogens with one attached hydrogen (secondary N) is 1. The molecule has 0 saturated carbocycles. The van der Waals surface area contributed by atoms with Crippen LogP contribution in [0.25, 0.3) is 0 Å². The minimum atomic E-state index is -3.67. The quantitative estimate of drug-likeness (QED) is 0.389.